The molecule has 56 heavy (non-hydrogen) atoms. The molecule has 5 rings (SSSR count). The van der Waals surface area contributed by atoms with Crippen LogP contribution in [0, 0.1) is 23.7 Å². The van der Waals surface area contributed by atoms with Gasteiger partial charge in [0, 0.05) is 11.8 Å². The predicted molar refractivity (Wildman–Crippen MR) is 197 cm³/mol. The van der Waals surface area contributed by atoms with E-state index in [2.05, 4.69) is 28.0 Å². The normalized spacial score (nSPS) is 22.4. The van der Waals surface area contributed by atoms with Gasteiger partial charge in [-0.1, -0.05) is 75.6 Å². The first kappa shape index (κ1) is 42.9. The highest BCUT2D eigenvalue weighted by atomic mass is 31.2. The largest absolute Gasteiger partial charge is 0.646 e. The summed E-state index contributed by atoms with van der Waals surface area (Å²) in [6, 6.07) is 15.4. The van der Waals surface area contributed by atoms with Crippen LogP contribution in [0.3, 0.4) is 0 Å². The third kappa shape index (κ3) is 9.32. The molecular weight excluding hydrogens is 751 g/mol. The number of para-hydroxylation sites is 2. The third-order valence-electron chi connectivity index (χ3n) is 9.09. The van der Waals surface area contributed by atoms with Crippen molar-refractivity contribution in [2.24, 2.45) is 23.7 Å². The number of phosphoric acid groups is 1. The first-order valence-corrected chi connectivity index (χ1v) is 18.9. The van der Waals surface area contributed by atoms with Crippen LogP contribution in [0.15, 0.2) is 97.4 Å². The van der Waals surface area contributed by atoms with Gasteiger partial charge in [0.15, 0.2) is 5.70 Å². The summed E-state index contributed by atoms with van der Waals surface area (Å²) in [6.45, 7) is 12.8. The lowest BCUT2D eigenvalue weighted by Crippen LogP contribution is -2.66. The topological polar surface area (TPSA) is 241 Å². The molecular formula is C38H43N4O13P. The summed E-state index contributed by atoms with van der Waals surface area (Å²) < 4.78 is 41.0. The fraction of sp³-hybridized carbons (Fsp3) is 0.368. The van der Waals surface area contributed by atoms with Crippen LogP contribution in [0.25, 0.3) is 5.53 Å². The molecule has 8 atom stereocenters. The van der Waals surface area contributed by atoms with Crippen LogP contribution in [0.5, 0.6) is 11.5 Å². The van der Waals surface area contributed by atoms with Crippen LogP contribution in [0.2, 0.25) is 0 Å². The number of nitrogens with zero attached hydrogens (tertiary/aromatic N) is 3. The van der Waals surface area contributed by atoms with Crippen molar-refractivity contribution in [2.45, 2.75) is 52.0 Å². The van der Waals surface area contributed by atoms with Crippen molar-refractivity contribution >= 4 is 43.1 Å². The van der Waals surface area contributed by atoms with Gasteiger partial charge in [-0.3, -0.25) is 19.3 Å². The number of Topliss-reactive ketones (excluding diaryl/α,β-unsaturated/α-hetero) is 1. The number of esters is 2. The minimum absolute atomic E-state index is 0.0734. The van der Waals surface area contributed by atoms with Crippen LogP contribution in [-0.2, 0) is 42.5 Å². The monoisotopic (exact) mass is 794 g/mol. The SMILES string of the molecule is C=CCOC(=O)C(=[N+]=[N-])C(=O)[C@H](C)[C@H]1NC(=O)[C@@H]1[C@@H](C)O.C=CCOC(=O)C1=C(OP(=O)(Oc2ccccc2)Oc2ccccc2)[C@H](C)[C@@H]2[C@@H]([C@@H](C)O)C(=O)N12. The molecule has 0 bridgehead atoms. The zero-order chi connectivity index (χ0) is 41.3. The summed E-state index contributed by atoms with van der Waals surface area (Å²) in [5, 5.41) is 22.1. The molecule has 17 nitrogen and oxygen atoms in total. The van der Waals surface area contributed by atoms with Gasteiger partial charge in [-0.25, -0.2) is 9.59 Å². The summed E-state index contributed by atoms with van der Waals surface area (Å²) in [7, 11) is -4.43. The van der Waals surface area contributed by atoms with Crippen molar-refractivity contribution in [1.82, 2.24) is 10.2 Å². The second-order valence-corrected chi connectivity index (χ2v) is 14.4. The second-order valence-electron chi connectivity index (χ2n) is 13.0. The Bertz CT molecular complexity index is 1920. The van der Waals surface area contributed by atoms with E-state index in [-0.39, 0.29) is 42.1 Å². The minimum Gasteiger partial charge on any atom is -0.457 e. The molecule has 2 aromatic rings. The standard InChI is InChI=1S/C25H26NO8P.C13H17N3O5/c1-4-15-31-25(29)22-23(16(2)21-20(17(3)27)24(28)26(21)22)34-35(30,32-18-11-7-5-8-12-18)33-19-13-9-6-10-14-19;1-4-5-21-13(20)10(16-14)11(18)6(2)9-8(7(3)17)12(19)15-9/h4-14,16-17,20-21,27H,1,15H2,2-3H3;4,6-9,17H,1,5H2,2-3H3,(H,15,19)/t16-,17-,20-,21-;6-,7-,8-,9-/m11/s1. The highest BCUT2D eigenvalue weighted by molar-refractivity contribution is 7.49. The number of fused-ring (bicyclic) bond motifs is 1. The van der Waals surface area contributed by atoms with Gasteiger partial charge < -0.3 is 44.1 Å². The average Bonchev–Trinajstić information content (AvgIpc) is 3.38. The van der Waals surface area contributed by atoms with Crippen LogP contribution >= 0.6 is 7.82 Å². The number of ether oxygens (including phenoxy) is 2. The molecule has 18 heteroatoms. The smallest absolute Gasteiger partial charge is 0.457 e. The van der Waals surface area contributed by atoms with Crippen molar-refractivity contribution in [3.05, 3.63) is 103 Å². The van der Waals surface area contributed by atoms with E-state index < -0.39 is 85.1 Å². The Morgan fingerprint density at radius 3 is 1.88 bits per heavy atom. The number of ketones is 1. The number of carbonyl (C=O) groups excluding carboxylic acids is 5. The number of amides is 2. The number of aliphatic hydroxyl groups excluding tert-OH is 2. The van der Waals surface area contributed by atoms with E-state index in [9.17, 15) is 38.8 Å². The fourth-order valence-corrected chi connectivity index (χ4v) is 7.74. The maximum atomic E-state index is 13.9. The molecule has 0 radical (unpaired) electrons. The molecule has 3 N–H and O–H groups in total. The summed E-state index contributed by atoms with van der Waals surface area (Å²) in [4.78, 5) is 64.7. The average molecular weight is 795 g/mol. The quantitative estimate of drug-likeness (QED) is 0.0305. The Morgan fingerprint density at radius 2 is 1.41 bits per heavy atom. The van der Waals surface area contributed by atoms with Gasteiger partial charge >= 0.3 is 25.5 Å². The lowest BCUT2D eigenvalue weighted by atomic mass is 9.76. The molecule has 0 saturated carbocycles. The summed E-state index contributed by atoms with van der Waals surface area (Å²) in [6.07, 6.45) is 0.800. The Kier molecular flexibility index (Phi) is 14.3. The molecule has 3 aliphatic rings. The Hall–Kier alpha value is -5.86. The third-order valence-corrected chi connectivity index (χ3v) is 10.4. The maximum Gasteiger partial charge on any atom is 0.646 e. The number of aliphatic hydroxyl groups is 2. The predicted octanol–water partition coefficient (Wildman–Crippen LogP) is 3.15. The molecule has 3 aliphatic heterocycles. The maximum absolute atomic E-state index is 13.9. The van der Waals surface area contributed by atoms with E-state index in [4.69, 9.17) is 23.8 Å². The van der Waals surface area contributed by atoms with Crippen molar-refractivity contribution in [1.29, 1.82) is 0 Å². The van der Waals surface area contributed by atoms with Gasteiger partial charge in [0.2, 0.25) is 11.8 Å². The minimum atomic E-state index is -4.43. The number of hydrogen-bond donors (Lipinski definition) is 3. The van der Waals surface area contributed by atoms with E-state index in [0.29, 0.717) is 0 Å². The number of nitrogens with one attached hydrogen (secondary N) is 1. The number of phosphoric ester groups is 1. The summed E-state index contributed by atoms with van der Waals surface area (Å²) >= 11 is 0. The molecule has 0 unspecified atom stereocenters. The van der Waals surface area contributed by atoms with Gasteiger partial charge in [0.25, 0.3) is 5.78 Å². The van der Waals surface area contributed by atoms with Crippen molar-refractivity contribution in [3.63, 3.8) is 0 Å². The molecule has 2 saturated heterocycles. The van der Waals surface area contributed by atoms with Gasteiger partial charge in [0.05, 0.1) is 36.1 Å². The van der Waals surface area contributed by atoms with Crippen LogP contribution in [0.4, 0.5) is 0 Å². The van der Waals surface area contributed by atoms with Crippen LogP contribution in [-0.4, -0.2) is 92.7 Å². The number of β-lactam (4-membered cyclic amide) rings is 2. The van der Waals surface area contributed by atoms with Crippen molar-refractivity contribution < 1.29 is 66.6 Å². The number of carbonyl (C=O) groups is 5. The van der Waals surface area contributed by atoms with E-state index in [0.717, 1.165) is 0 Å². The lowest BCUT2D eigenvalue weighted by molar-refractivity contribution is -0.164. The lowest BCUT2D eigenvalue weighted by Gasteiger charge is -2.46. The first-order chi connectivity index (χ1) is 26.6. The molecule has 2 fully saturated rings. The molecule has 2 amide bonds. The Balaban J connectivity index is 0.000000284. The van der Waals surface area contributed by atoms with Crippen molar-refractivity contribution in [3.8, 4) is 11.5 Å². The fourth-order valence-electron chi connectivity index (χ4n) is 6.38. The molecule has 3 heterocycles. The first-order valence-electron chi connectivity index (χ1n) is 17.5. The highest BCUT2D eigenvalue weighted by Crippen LogP contribution is 2.57. The van der Waals surface area contributed by atoms with E-state index in [1.807, 2.05) is 0 Å². The molecule has 2 aromatic carbocycles. The summed E-state index contributed by atoms with van der Waals surface area (Å²) in [5.74, 6) is -6.11. The molecule has 0 spiro atoms. The number of hydrogen-bond acceptors (Lipinski definition) is 13. The van der Waals surface area contributed by atoms with Gasteiger partial charge in [-0.05, 0) is 38.1 Å². The van der Waals surface area contributed by atoms with Gasteiger partial charge in [-0.2, -0.15) is 9.35 Å². The second kappa shape index (κ2) is 18.7. The zero-order valence-electron chi connectivity index (χ0n) is 31.0. The number of benzene rings is 2. The zero-order valence-corrected chi connectivity index (χ0v) is 31.9. The van der Waals surface area contributed by atoms with Crippen LogP contribution < -0.4 is 14.4 Å². The molecule has 298 valence electrons. The van der Waals surface area contributed by atoms with Gasteiger partial charge in [0.1, 0.15) is 30.5 Å². The van der Waals surface area contributed by atoms with Crippen molar-refractivity contribution in [2.75, 3.05) is 13.2 Å². The molecule has 0 aliphatic carbocycles. The van der Waals surface area contributed by atoms with Crippen LogP contribution in [0.1, 0.15) is 27.7 Å². The van der Waals surface area contributed by atoms with E-state index in [1.54, 1.807) is 67.6 Å². The Morgan fingerprint density at radius 1 is 0.893 bits per heavy atom. The summed E-state index contributed by atoms with van der Waals surface area (Å²) in [5.41, 5.74) is 7.87. The number of rotatable bonds is 17. The van der Waals surface area contributed by atoms with E-state index >= 15 is 0 Å². The van der Waals surface area contributed by atoms with E-state index in [1.165, 1.54) is 37.8 Å². The highest BCUT2D eigenvalue weighted by Gasteiger charge is 2.62. The van der Waals surface area contributed by atoms with Gasteiger partial charge in [-0.15, -0.1) is 0 Å². The molecule has 0 aromatic heterocycles. The Labute approximate surface area is 322 Å².